The van der Waals surface area contributed by atoms with Crippen molar-refractivity contribution in [1.82, 2.24) is 5.32 Å². The third-order valence-corrected chi connectivity index (χ3v) is 4.23. The van der Waals surface area contributed by atoms with Gasteiger partial charge in [0.05, 0.1) is 10.6 Å². The van der Waals surface area contributed by atoms with E-state index in [0.29, 0.717) is 10.9 Å². The zero-order valence-electron chi connectivity index (χ0n) is 9.63. The molecule has 4 heteroatoms. The van der Waals surface area contributed by atoms with E-state index in [-0.39, 0.29) is 11.7 Å². The normalized spacial score (nSPS) is 22.4. The number of hydrogen-bond acceptors (Lipinski definition) is 2. The summed E-state index contributed by atoms with van der Waals surface area (Å²) in [6.45, 7) is 1.89. The molecule has 1 heterocycles. The number of aliphatic hydroxyl groups excluding tert-OH is 1. The van der Waals surface area contributed by atoms with E-state index in [1.165, 1.54) is 6.07 Å². The molecule has 1 aliphatic heterocycles. The molecule has 0 radical (unpaired) electrons. The quantitative estimate of drug-likeness (QED) is 0.899. The van der Waals surface area contributed by atoms with Crippen LogP contribution in [0.4, 0.5) is 4.39 Å². The molecule has 94 valence electrons. The van der Waals surface area contributed by atoms with E-state index >= 15 is 0 Å². The summed E-state index contributed by atoms with van der Waals surface area (Å²) in [6.07, 6.45) is 2.25. The van der Waals surface area contributed by atoms with Crippen LogP contribution in [0.5, 0.6) is 0 Å². The maximum atomic E-state index is 13.3. The second kappa shape index (κ2) is 5.94. The van der Waals surface area contributed by atoms with Crippen molar-refractivity contribution in [3.05, 3.63) is 34.1 Å². The van der Waals surface area contributed by atoms with Gasteiger partial charge in [-0.2, -0.15) is 0 Å². The van der Waals surface area contributed by atoms with E-state index in [4.69, 9.17) is 0 Å². The Kier molecular flexibility index (Phi) is 4.54. The smallest absolute Gasteiger partial charge is 0.137 e. The average molecular weight is 302 g/mol. The fraction of sp³-hybridized carbons (Fsp3) is 0.538. The summed E-state index contributed by atoms with van der Waals surface area (Å²) in [5, 5.41) is 13.4. The van der Waals surface area contributed by atoms with Crippen LogP contribution in [0, 0.1) is 11.7 Å². The fourth-order valence-corrected chi connectivity index (χ4v) is 2.73. The third kappa shape index (κ3) is 3.27. The van der Waals surface area contributed by atoms with Crippen molar-refractivity contribution < 1.29 is 9.50 Å². The van der Waals surface area contributed by atoms with E-state index in [9.17, 15) is 9.50 Å². The summed E-state index contributed by atoms with van der Waals surface area (Å²) in [5.74, 6) is 0.00962. The lowest BCUT2D eigenvalue weighted by Gasteiger charge is -2.27. The van der Waals surface area contributed by atoms with Crippen molar-refractivity contribution in [2.75, 3.05) is 13.1 Å². The lowest BCUT2D eigenvalue weighted by molar-refractivity contribution is 0.0920. The number of halogens is 2. The topological polar surface area (TPSA) is 32.3 Å². The minimum atomic E-state index is -0.402. The Morgan fingerprint density at radius 3 is 3.06 bits per heavy atom. The molecule has 0 saturated carbocycles. The third-order valence-electron chi connectivity index (χ3n) is 3.34. The van der Waals surface area contributed by atoms with Gasteiger partial charge in [0.25, 0.3) is 0 Å². The van der Waals surface area contributed by atoms with E-state index in [0.717, 1.165) is 31.5 Å². The first kappa shape index (κ1) is 13.0. The van der Waals surface area contributed by atoms with Crippen molar-refractivity contribution in [1.29, 1.82) is 0 Å². The van der Waals surface area contributed by atoms with Crippen LogP contribution in [0.1, 0.15) is 18.4 Å². The molecule has 0 aliphatic carbocycles. The first-order chi connectivity index (χ1) is 8.18. The number of piperidine rings is 1. The molecule has 0 aromatic heterocycles. The van der Waals surface area contributed by atoms with Gasteiger partial charge in [-0.3, -0.25) is 0 Å². The number of nitrogens with one attached hydrogen (secondary N) is 1. The van der Waals surface area contributed by atoms with Crippen molar-refractivity contribution in [2.24, 2.45) is 5.92 Å². The van der Waals surface area contributed by atoms with E-state index < -0.39 is 6.10 Å². The first-order valence-electron chi connectivity index (χ1n) is 6.00. The van der Waals surface area contributed by atoms with Gasteiger partial charge in [-0.15, -0.1) is 0 Å². The molecule has 2 N–H and O–H groups in total. The number of rotatable bonds is 3. The maximum absolute atomic E-state index is 13.3. The highest BCUT2D eigenvalue weighted by Gasteiger charge is 2.22. The highest BCUT2D eigenvalue weighted by Crippen LogP contribution is 2.24. The van der Waals surface area contributed by atoms with E-state index in [1.807, 2.05) is 6.07 Å². The second-order valence-corrected chi connectivity index (χ2v) is 5.38. The van der Waals surface area contributed by atoms with Gasteiger partial charge in [-0.1, -0.05) is 12.1 Å². The maximum Gasteiger partial charge on any atom is 0.137 e. The van der Waals surface area contributed by atoms with Gasteiger partial charge >= 0.3 is 0 Å². The SMILES string of the molecule is OC(Cc1cccc(F)c1Br)C1CCCNC1. The molecule has 2 nitrogen and oxygen atoms in total. The molecule has 0 amide bonds. The van der Waals surface area contributed by atoms with Crippen molar-refractivity contribution >= 4 is 15.9 Å². The van der Waals surface area contributed by atoms with Gasteiger partial charge < -0.3 is 10.4 Å². The molecular weight excluding hydrogens is 285 g/mol. The van der Waals surface area contributed by atoms with E-state index in [1.54, 1.807) is 6.07 Å². The first-order valence-corrected chi connectivity index (χ1v) is 6.79. The van der Waals surface area contributed by atoms with Crippen LogP contribution in [-0.4, -0.2) is 24.3 Å². The Labute approximate surface area is 109 Å². The average Bonchev–Trinajstić information content (AvgIpc) is 2.36. The predicted molar refractivity (Wildman–Crippen MR) is 69.4 cm³/mol. The largest absolute Gasteiger partial charge is 0.392 e. The van der Waals surface area contributed by atoms with Crippen LogP contribution in [0.3, 0.4) is 0 Å². The molecule has 2 atom stereocenters. The van der Waals surface area contributed by atoms with Crippen LogP contribution in [0.15, 0.2) is 22.7 Å². The molecular formula is C13H17BrFNO. The number of aliphatic hydroxyl groups is 1. The van der Waals surface area contributed by atoms with Crippen molar-refractivity contribution in [3.8, 4) is 0 Å². The minimum absolute atomic E-state index is 0.267. The molecule has 0 bridgehead atoms. The summed E-state index contributed by atoms with van der Waals surface area (Å²) < 4.78 is 13.8. The number of benzene rings is 1. The standard InChI is InChI=1S/C13H17BrFNO/c14-13-9(3-1-5-11(13)15)7-12(17)10-4-2-6-16-8-10/h1,3,5,10,12,16-17H,2,4,6-8H2. The Bertz CT molecular complexity index is 380. The van der Waals surface area contributed by atoms with Gasteiger partial charge in [0.15, 0.2) is 0 Å². The molecule has 1 fully saturated rings. The molecule has 0 spiro atoms. The molecule has 2 unspecified atom stereocenters. The molecule has 1 saturated heterocycles. The van der Waals surface area contributed by atoms with Crippen LogP contribution in [0.2, 0.25) is 0 Å². The summed E-state index contributed by atoms with van der Waals surface area (Å²) in [4.78, 5) is 0. The van der Waals surface area contributed by atoms with Crippen LogP contribution in [0.25, 0.3) is 0 Å². The van der Waals surface area contributed by atoms with Crippen LogP contribution < -0.4 is 5.32 Å². The lowest BCUT2D eigenvalue weighted by Crippen LogP contribution is -2.37. The van der Waals surface area contributed by atoms with Gasteiger partial charge in [-0.05, 0) is 59.3 Å². The Morgan fingerprint density at radius 1 is 1.53 bits per heavy atom. The van der Waals surface area contributed by atoms with Crippen molar-refractivity contribution in [2.45, 2.75) is 25.4 Å². The monoisotopic (exact) mass is 301 g/mol. The number of hydrogen-bond donors (Lipinski definition) is 2. The summed E-state index contributed by atoms with van der Waals surface area (Å²) >= 11 is 3.23. The fourth-order valence-electron chi connectivity index (χ4n) is 2.31. The Morgan fingerprint density at radius 2 is 2.35 bits per heavy atom. The van der Waals surface area contributed by atoms with Gasteiger partial charge in [-0.25, -0.2) is 4.39 Å². The second-order valence-electron chi connectivity index (χ2n) is 4.59. The van der Waals surface area contributed by atoms with Gasteiger partial charge in [0.2, 0.25) is 0 Å². The lowest BCUT2D eigenvalue weighted by atomic mass is 9.90. The molecule has 1 aromatic rings. The Balaban J connectivity index is 2.01. The van der Waals surface area contributed by atoms with Gasteiger partial charge in [0.1, 0.15) is 5.82 Å². The van der Waals surface area contributed by atoms with Crippen LogP contribution >= 0.6 is 15.9 Å². The van der Waals surface area contributed by atoms with E-state index in [2.05, 4.69) is 21.2 Å². The van der Waals surface area contributed by atoms with Crippen molar-refractivity contribution in [3.63, 3.8) is 0 Å². The van der Waals surface area contributed by atoms with Gasteiger partial charge in [0, 0.05) is 6.54 Å². The molecule has 1 aliphatic rings. The summed E-state index contributed by atoms with van der Waals surface area (Å²) in [5.41, 5.74) is 0.836. The summed E-state index contributed by atoms with van der Waals surface area (Å²) in [6, 6.07) is 4.95. The summed E-state index contributed by atoms with van der Waals surface area (Å²) in [7, 11) is 0. The molecule has 1 aromatic carbocycles. The van der Waals surface area contributed by atoms with Crippen LogP contribution in [-0.2, 0) is 6.42 Å². The Hall–Kier alpha value is -0.450. The highest BCUT2D eigenvalue weighted by molar-refractivity contribution is 9.10. The molecule has 2 rings (SSSR count). The predicted octanol–water partition coefficient (Wildman–Crippen LogP) is 2.49. The highest BCUT2D eigenvalue weighted by atomic mass is 79.9. The molecule has 17 heavy (non-hydrogen) atoms. The zero-order chi connectivity index (χ0) is 12.3. The minimum Gasteiger partial charge on any atom is -0.392 e. The zero-order valence-corrected chi connectivity index (χ0v) is 11.2.